The van der Waals surface area contributed by atoms with E-state index in [2.05, 4.69) is 16.8 Å². The van der Waals surface area contributed by atoms with E-state index in [1.165, 1.54) is 0 Å². The predicted octanol–water partition coefficient (Wildman–Crippen LogP) is 4.92. The van der Waals surface area contributed by atoms with Crippen molar-refractivity contribution in [2.45, 2.75) is 0 Å². The Hall–Kier alpha value is -2.83. The summed E-state index contributed by atoms with van der Waals surface area (Å²) in [5.74, 6) is 0. The van der Waals surface area contributed by atoms with Gasteiger partial charge < -0.3 is 4.57 Å². The van der Waals surface area contributed by atoms with E-state index in [0.717, 1.165) is 33.1 Å². The molecule has 0 N–H and O–H groups in total. The summed E-state index contributed by atoms with van der Waals surface area (Å²) in [7, 11) is 2.00. The maximum atomic E-state index is 9.15. The lowest BCUT2D eigenvalue weighted by molar-refractivity contribution is 0.969. The van der Waals surface area contributed by atoms with Crippen LogP contribution in [0, 0.1) is 11.3 Å². The number of aromatic nitrogens is 2. The summed E-state index contributed by atoms with van der Waals surface area (Å²) < 4.78 is 2.06. The second kappa shape index (κ2) is 5.12. The number of pyridine rings is 1. The van der Waals surface area contributed by atoms with Gasteiger partial charge in [0, 0.05) is 40.1 Å². The third-order valence-electron chi connectivity index (χ3n) is 4.05. The Morgan fingerprint density at radius 1 is 1.09 bits per heavy atom. The highest BCUT2D eigenvalue weighted by Crippen LogP contribution is 2.31. The van der Waals surface area contributed by atoms with E-state index < -0.39 is 0 Å². The Morgan fingerprint density at radius 3 is 2.78 bits per heavy atom. The molecule has 0 unspecified atom stereocenters. The van der Waals surface area contributed by atoms with Crippen LogP contribution in [0.2, 0.25) is 5.02 Å². The molecule has 0 radical (unpaired) electrons. The summed E-state index contributed by atoms with van der Waals surface area (Å²) >= 11 is 6.03. The largest absolute Gasteiger partial charge is 0.350 e. The van der Waals surface area contributed by atoms with Gasteiger partial charge in [-0.15, -0.1) is 0 Å². The van der Waals surface area contributed by atoms with Gasteiger partial charge in [0.05, 0.1) is 22.8 Å². The Labute approximate surface area is 138 Å². The SMILES string of the molecule is Cn1cc(-c2ccc3cc(Cl)ccc3n2)c2cc(C#N)ccc21. The average Bonchev–Trinajstić information content (AvgIpc) is 2.90. The number of fused-ring (bicyclic) bond motifs is 2. The predicted molar refractivity (Wildman–Crippen MR) is 93.4 cm³/mol. The van der Waals surface area contributed by atoms with Gasteiger partial charge in [-0.25, -0.2) is 4.98 Å². The molecule has 23 heavy (non-hydrogen) atoms. The fourth-order valence-corrected chi connectivity index (χ4v) is 3.09. The molecule has 2 aromatic carbocycles. The Balaban J connectivity index is 1.98. The quantitative estimate of drug-likeness (QED) is 0.500. The lowest BCUT2D eigenvalue weighted by Gasteiger charge is -2.03. The van der Waals surface area contributed by atoms with E-state index in [1.54, 1.807) is 0 Å². The van der Waals surface area contributed by atoms with Gasteiger partial charge in [-0.05, 0) is 42.5 Å². The number of nitrogens with zero attached hydrogens (tertiary/aromatic N) is 3. The average molecular weight is 318 g/mol. The van der Waals surface area contributed by atoms with Crippen LogP contribution in [0.1, 0.15) is 5.56 Å². The lowest BCUT2D eigenvalue weighted by Crippen LogP contribution is -1.85. The van der Waals surface area contributed by atoms with E-state index in [9.17, 15) is 0 Å². The first-order valence-corrected chi connectivity index (χ1v) is 7.59. The molecular formula is C19H12ClN3. The molecule has 4 aromatic rings. The molecular weight excluding hydrogens is 306 g/mol. The van der Waals surface area contributed by atoms with Gasteiger partial charge in [-0.2, -0.15) is 5.26 Å². The van der Waals surface area contributed by atoms with E-state index in [-0.39, 0.29) is 0 Å². The van der Waals surface area contributed by atoms with Gasteiger partial charge in [0.25, 0.3) is 0 Å². The van der Waals surface area contributed by atoms with Crippen LogP contribution in [-0.2, 0) is 7.05 Å². The molecule has 0 aliphatic rings. The summed E-state index contributed by atoms with van der Waals surface area (Å²) in [4.78, 5) is 4.75. The van der Waals surface area contributed by atoms with Crippen molar-refractivity contribution < 1.29 is 0 Å². The first kappa shape index (κ1) is 13.8. The number of hydrogen-bond donors (Lipinski definition) is 0. The number of benzene rings is 2. The van der Waals surface area contributed by atoms with Gasteiger partial charge >= 0.3 is 0 Å². The van der Waals surface area contributed by atoms with Crippen LogP contribution in [0.3, 0.4) is 0 Å². The molecule has 4 rings (SSSR count). The van der Waals surface area contributed by atoms with E-state index >= 15 is 0 Å². The third-order valence-corrected chi connectivity index (χ3v) is 4.28. The van der Waals surface area contributed by atoms with Gasteiger partial charge in [-0.1, -0.05) is 17.7 Å². The molecule has 2 heterocycles. The summed E-state index contributed by atoms with van der Waals surface area (Å²) in [5.41, 5.74) is 4.55. The zero-order valence-corrected chi connectivity index (χ0v) is 13.2. The Bertz CT molecular complexity index is 1100. The van der Waals surface area contributed by atoms with Gasteiger partial charge in [0.15, 0.2) is 0 Å². The fourth-order valence-electron chi connectivity index (χ4n) is 2.91. The highest BCUT2D eigenvalue weighted by Gasteiger charge is 2.11. The monoisotopic (exact) mass is 317 g/mol. The van der Waals surface area contributed by atoms with Crippen LogP contribution in [-0.4, -0.2) is 9.55 Å². The summed E-state index contributed by atoms with van der Waals surface area (Å²) in [6.07, 6.45) is 2.05. The smallest absolute Gasteiger partial charge is 0.0991 e. The fraction of sp³-hybridized carbons (Fsp3) is 0.0526. The molecule has 3 nitrogen and oxygen atoms in total. The van der Waals surface area contributed by atoms with Crippen LogP contribution in [0.15, 0.2) is 54.7 Å². The lowest BCUT2D eigenvalue weighted by atomic mass is 10.1. The van der Waals surface area contributed by atoms with Crippen molar-refractivity contribution in [3.63, 3.8) is 0 Å². The van der Waals surface area contributed by atoms with Gasteiger partial charge in [-0.3, -0.25) is 0 Å². The molecule has 0 spiro atoms. The standard InChI is InChI=1S/C19H12ClN3/c1-23-11-16(15-8-12(10-21)2-7-19(15)23)18-5-3-13-9-14(20)4-6-17(13)22-18/h2-9,11H,1H3. The molecule has 0 saturated carbocycles. The zero-order valence-electron chi connectivity index (χ0n) is 12.4. The zero-order chi connectivity index (χ0) is 16.0. The number of nitriles is 1. The van der Waals surface area contributed by atoms with E-state index in [0.29, 0.717) is 10.6 Å². The molecule has 2 aromatic heterocycles. The maximum absolute atomic E-state index is 9.15. The minimum Gasteiger partial charge on any atom is -0.350 e. The van der Waals surface area contributed by atoms with Crippen molar-refractivity contribution in [3.05, 3.63) is 65.3 Å². The molecule has 0 saturated heterocycles. The van der Waals surface area contributed by atoms with Crippen LogP contribution in [0.25, 0.3) is 33.1 Å². The van der Waals surface area contributed by atoms with Crippen LogP contribution in [0.4, 0.5) is 0 Å². The van der Waals surface area contributed by atoms with Crippen molar-refractivity contribution in [2.24, 2.45) is 7.05 Å². The molecule has 110 valence electrons. The van der Waals surface area contributed by atoms with Crippen molar-refractivity contribution in [2.75, 3.05) is 0 Å². The van der Waals surface area contributed by atoms with Crippen molar-refractivity contribution >= 4 is 33.4 Å². The van der Waals surface area contributed by atoms with Crippen LogP contribution < -0.4 is 0 Å². The molecule has 0 aliphatic heterocycles. The first-order valence-electron chi connectivity index (χ1n) is 7.21. The molecule has 0 atom stereocenters. The van der Waals surface area contributed by atoms with Crippen molar-refractivity contribution in [1.29, 1.82) is 5.26 Å². The molecule has 4 heteroatoms. The second-order valence-electron chi connectivity index (χ2n) is 5.53. The molecule has 0 aliphatic carbocycles. The second-order valence-corrected chi connectivity index (χ2v) is 5.97. The van der Waals surface area contributed by atoms with Crippen molar-refractivity contribution in [1.82, 2.24) is 9.55 Å². The minimum atomic E-state index is 0.650. The van der Waals surface area contributed by atoms with E-state index in [1.807, 2.05) is 55.6 Å². The summed E-state index contributed by atoms with van der Waals surface area (Å²) in [6, 6.07) is 17.6. The topological polar surface area (TPSA) is 41.6 Å². The normalized spacial score (nSPS) is 11.0. The summed E-state index contributed by atoms with van der Waals surface area (Å²) in [5, 5.41) is 11.9. The first-order chi connectivity index (χ1) is 11.2. The molecule has 0 fully saturated rings. The Kier molecular flexibility index (Phi) is 3.07. The summed E-state index contributed by atoms with van der Waals surface area (Å²) in [6.45, 7) is 0. The van der Waals surface area contributed by atoms with Crippen LogP contribution >= 0.6 is 11.6 Å². The van der Waals surface area contributed by atoms with Gasteiger partial charge in [0.2, 0.25) is 0 Å². The third kappa shape index (κ3) is 2.25. The highest BCUT2D eigenvalue weighted by molar-refractivity contribution is 6.31. The number of rotatable bonds is 1. The highest BCUT2D eigenvalue weighted by atomic mass is 35.5. The maximum Gasteiger partial charge on any atom is 0.0991 e. The molecule has 0 amide bonds. The van der Waals surface area contributed by atoms with Gasteiger partial charge in [0.1, 0.15) is 0 Å². The number of hydrogen-bond acceptors (Lipinski definition) is 2. The number of aryl methyl sites for hydroxylation is 1. The van der Waals surface area contributed by atoms with Crippen molar-refractivity contribution in [3.8, 4) is 17.3 Å². The van der Waals surface area contributed by atoms with E-state index in [4.69, 9.17) is 21.8 Å². The number of halogens is 1. The Morgan fingerprint density at radius 2 is 1.96 bits per heavy atom. The minimum absolute atomic E-state index is 0.650. The van der Waals surface area contributed by atoms with Crippen LogP contribution in [0.5, 0.6) is 0 Å². The molecule has 0 bridgehead atoms.